The van der Waals surface area contributed by atoms with E-state index < -0.39 is 0 Å². The van der Waals surface area contributed by atoms with Gasteiger partial charge in [0.05, 0.1) is 31.4 Å². The van der Waals surface area contributed by atoms with Gasteiger partial charge in [-0.2, -0.15) is 0 Å². The number of rotatable bonds is 9. The van der Waals surface area contributed by atoms with Crippen LogP contribution in [-0.2, 0) is 16.1 Å². The molecule has 3 aromatic rings. The summed E-state index contributed by atoms with van der Waals surface area (Å²) in [5.41, 5.74) is 3.63. The smallest absolute Gasteiger partial charge is 0.234 e. The minimum absolute atomic E-state index is 0.118. The van der Waals surface area contributed by atoms with Crippen LogP contribution in [0.5, 0.6) is 5.75 Å². The van der Waals surface area contributed by atoms with Crippen molar-refractivity contribution in [3.8, 4) is 17.0 Å². The van der Waals surface area contributed by atoms with Gasteiger partial charge in [0.25, 0.3) is 0 Å². The number of carbonyl (C=O) groups excluding carboxylic acids is 1. The molecule has 0 aliphatic heterocycles. The molecule has 0 unspecified atom stereocenters. The Balaban J connectivity index is 1.72. The summed E-state index contributed by atoms with van der Waals surface area (Å²) >= 11 is 7.51. The lowest BCUT2D eigenvalue weighted by Gasteiger charge is -2.12. The van der Waals surface area contributed by atoms with Crippen molar-refractivity contribution in [2.75, 3.05) is 31.9 Å². The van der Waals surface area contributed by atoms with Gasteiger partial charge < -0.3 is 19.4 Å². The Hall–Kier alpha value is -2.48. The summed E-state index contributed by atoms with van der Waals surface area (Å²) in [7, 11) is 3.30. The quantitative estimate of drug-likeness (QED) is 0.474. The second kappa shape index (κ2) is 10.5. The molecule has 158 valence electrons. The molecule has 0 radical (unpaired) electrons. The Kier molecular flexibility index (Phi) is 7.79. The van der Waals surface area contributed by atoms with Crippen molar-refractivity contribution in [3.05, 3.63) is 59.2 Å². The van der Waals surface area contributed by atoms with Crippen molar-refractivity contribution >= 4 is 35.0 Å². The van der Waals surface area contributed by atoms with Crippen molar-refractivity contribution in [1.82, 2.24) is 9.55 Å². The molecule has 0 fully saturated rings. The fourth-order valence-electron chi connectivity index (χ4n) is 2.86. The first-order chi connectivity index (χ1) is 14.5. The zero-order valence-corrected chi connectivity index (χ0v) is 18.7. The summed E-state index contributed by atoms with van der Waals surface area (Å²) in [5, 5.41) is 4.26. The van der Waals surface area contributed by atoms with E-state index in [0.29, 0.717) is 23.9 Å². The van der Waals surface area contributed by atoms with E-state index in [1.807, 2.05) is 49.5 Å². The van der Waals surface area contributed by atoms with Crippen molar-refractivity contribution in [3.63, 3.8) is 0 Å². The van der Waals surface area contributed by atoms with E-state index in [9.17, 15) is 4.79 Å². The number of methoxy groups -OCH3 is 2. The molecule has 0 saturated heterocycles. The third kappa shape index (κ3) is 5.56. The number of imidazole rings is 1. The van der Waals surface area contributed by atoms with Gasteiger partial charge in [-0.3, -0.25) is 4.79 Å². The number of hydrogen-bond donors (Lipinski definition) is 1. The van der Waals surface area contributed by atoms with Gasteiger partial charge in [0.1, 0.15) is 5.75 Å². The maximum Gasteiger partial charge on any atom is 0.234 e. The van der Waals surface area contributed by atoms with E-state index in [-0.39, 0.29) is 11.7 Å². The molecule has 6 nitrogen and oxygen atoms in total. The van der Waals surface area contributed by atoms with Gasteiger partial charge in [-0.15, -0.1) is 0 Å². The maximum absolute atomic E-state index is 12.4. The number of anilines is 1. The molecule has 0 aliphatic carbocycles. The fraction of sp³-hybridized carbons (Fsp3) is 0.273. The van der Waals surface area contributed by atoms with E-state index >= 15 is 0 Å². The molecule has 3 rings (SSSR count). The molecular formula is C22H24ClN3O3S. The van der Waals surface area contributed by atoms with E-state index in [2.05, 4.69) is 14.9 Å². The van der Waals surface area contributed by atoms with Crippen molar-refractivity contribution in [1.29, 1.82) is 0 Å². The number of nitrogens with one attached hydrogen (secondary N) is 1. The number of ether oxygens (including phenoxy) is 2. The number of thioether (sulfide) groups is 1. The molecule has 0 aliphatic rings. The fourth-order valence-corrected chi connectivity index (χ4v) is 3.85. The van der Waals surface area contributed by atoms with Crippen LogP contribution in [0.3, 0.4) is 0 Å². The van der Waals surface area contributed by atoms with Crippen LogP contribution in [0.4, 0.5) is 5.69 Å². The lowest BCUT2D eigenvalue weighted by Crippen LogP contribution is -2.15. The zero-order chi connectivity index (χ0) is 21.5. The molecule has 30 heavy (non-hydrogen) atoms. The molecule has 1 N–H and O–H groups in total. The summed E-state index contributed by atoms with van der Waals surface area (Å²) in [6, 6.07) is 13.3. The number of nitrogens with zero attached hydrogens (tertiary/aromatic N) is 2. The largest absolute Gasteiger partial charge is 0.497 e. The van der Waals surface area contributed by atoms with Crippen LogP contribution >= 0.6 is 23.4 Å². The number of aromatic nitrogens is 2. The Morgan fingerprint density at radius 2 is 1.97 bits per heavy atom. The van der Waals surface area contributed by atoms with Gasteiger partial charge in [0.2, 0.25) is 5.91 Å². The molecule has 1 heterocycles. The highest BCUT2D eigenvalue weighted by Gasteiger charge is 2.14. The number of aryl methyl sites for hydroxylation is 1. The second-order valence-electron chi connectivity index (χ2n) is 6.60. The van der Waals surface area contributed by atoms with Crippen LogP contribution in [0.15, 0.2) is 53.8 Å². The highest BCUT2D eigenvalue weighted by atomic mass is 35.5. The second-order valence-corrected chi connectivity index (χ2v) is 7.95. The third-order valence-electron chi connectivity index (χ3n) is 4.51. The molecule has 0 bridgehead atoms. The average Bonchev–Trinajstić information content (AvgIpc) is 3.16. The molecule has 2 aromatic carbocycles. The average molecular weight is 446 g/mol. The molecule has 1 aromatic heterocycles. The van der Waals surface area contributed by atoms with Gasteiger partial charge in [-0.1, -0.05) is 29.4 Å². The van der Waals surface area contributed by atoms with E-state index in [1.165, 1.54) is 11.8 Å². The van der Waals surface area contributed by atoms with Gasteiger partial charge in [-0.25, -0.2) is 4.98 Å². The van der Waals surface area contributed by atoms with Crippen LogP contribution in [-0.4, -0.2) is 42.0 Å². The first kappa shape index (κ1) is 22.2. The predicted molar refractivity (Wildman–Crippen MR) is 122 cm³/mol. The van der Waals surface area contributed by atoms with E-state index in [4.69, 9.17) is 21.1 Å². The Bertz CT molecular complexity index is 1010. The highest BCUT2D eigenvalue weighted by Crippen LogP contribution is 2.28. The van der Waals surface area contributed by atoms with Crippen LogP contribution in [0.1, 0.15) is 5.56 Å². The van der Waals surface area contributed by atoms with E-state index in [0.717, 1.165) is 27.7 Å². The SMILES string of the molecule is COCCn1c(-c2ccc(OC)cc2)cnc1SCC(=O)Nc1ccc(C)c(Cl)c1. The normalized spacial score (nSPS) is 10.8. The summed E-state index contributed by atoms with van der Waals surface area (Å²) in [6.45, 7) is 3.10. The summed E-state index contributed by atoms with van der Waals surface area (Å²) < 4.78 is 12.5. The van der Waals surface area contributed by atoms with Gasteiger partial charge in [-0.05, 0) is 48.9 Å². The topological polar surface area (TPSA) is 65.4 Å². The van der Waals surface area contributed by atoms with Crippen LogP contribution in [0.2, 0.25) is 5.02 Å². The predicted octanol–water partition coefficient (Wildman–Crippen LogP) is 4.90. The summed E-state index contributed by atoms with van der Waals surface area (Å²) in [5.74, 6) is 0.911. The summed E-state index contributed by atoms with van der Waals surface area (Å²) in [4.78, 5) is 16.9. The standard InChI is InChI=1S/C22H24ClN3O3S/c1-15-4-7-17(12-19(15)23)25-21(27)14-30-22-24-13-20(26(22)10-11-28-2)16-5-8-18(29-3)9-6-16/h4-9,12-13H,10-11,14H2,1-3H3,(H,25,27). The Morgan fingerprint density at radius 3 is 2.63 bits per heavy atom. The number of amides is 1. The molecule has 0 atom stereocenters. The molecule has 1 amide bonds. The van der Waals surface area contributed by atoms with Crippen LogP contribution < -0.4 is 10.1 Å². The number of benzene rings is 2. The molecule has 0 spiro atoms. The third-order valence-corrected chi connectivity index (χ3v) is 5.91. The van der Waals surface area contributed by atoms with Gasteiger partial charge in [0.15, 0.2) is 5.16 Å². The van der Waals surface area contributed by atoms with Crippen LogP contribution in [0.25, 0.3) is 11.3 Å². The van der Waals surface area contributed by atoms with Crippen molar-refractivity contribution in [2.24, 2.45) is 0 Å². The maximum atomic E-state index is 12.4. The molecular weight excluding hydrogens is 422 g/mol. The van der Waals surface area contributed by atoms with E-state index in [1.54, 1.807) is 20.3 Å². The number of hydrogen-bond acceptors (Lipinski definition) is 5. The highest BCUT2D eigenvalue weighted by molar-refractivity contribution is 7.99. The van der Waals surface area contributed by atoms with Crippen LogP contribution in [0, 0.1) is 6.92 Å². The van der Waals surface area contributed by atoms with Gasteiger partial charge in [0, 0.05) is 29.9 Å². The zero-order valence-electron chi connectivity index (χ0n) is 17.1. The minimum atomic E-state index is -0.118. The molecule has 8 heteroatoms. The number of halogens is 1. The summed E-state index contributed by atoms with van der Waals surface area (Å²) in [6.07, 6.45) is 1.82. The minimum Gasteiger partial charge on any atom is -0.497 e. The Morgan fingerprint density at radius 1 is 1.20 bits per heavy atom. The van der Waals surface area contributed by atoms with Gasteiger partial charge >= 0.3 is 0 Å². The Labute approximate surface area is 185 Å². The first-order valence-electron chi connectivity index (χ1n) is 9.39. The molecule has 0 saturated carbocycles. The first-order valence-corrected chi connectivity index (χ1v) is 10.8. The monoisotopic (exact) mass is 445 g/mol. The van der Waals surface area contributed by atoms with Crippen molar-refractivity contribution < 1.29 is 14.3 Å². The lowest BCUT2D eigenvalue weighted by molar-refractivity contribution is -0.113. The number of carbonyl (C=O) groups is 1. The lowest BCUT2D eigenvalue weighted by atomic mass is 10.1. The van der Waals surface area contributed by atoms with Crippen molar-refractivity contribution in [2.45, 2.75) is 18.6 Å².